The van der Waals surface area contributed by atoms with Crippen molar-refractivity contribution >= 4 is 16.9 Å². The molecule has 3 N–H and O–H groups in total. The number of nitrogens with zero attached hydrogens (tertiary/aromatic N) is 2. The van der Waals surface area contributed by atoms with Crippen LogP contribution in [0.2, 0.25) is 0 Å². The number of halogens is 3. The van der Waals surface area contributed by atoms with Crippen LogP contribution in [0.4, 0.5) is 13.2 Å². The van der Waals surface area contributed by atoms with Gasteiger partial charge in [-0.3, -0.25) is 4.98 Å². The molecule has 0 aliphatic heterocycles. The number of carboxylic acids is 1. The lowest BCUT2D eigenvalue weighted by molar-refractivity contribution is -0.137. The fraction of sp³-hybridized carbons (Fsp3) is 0.269. The van der Waals surface area contributed by atoms with Gasteiger partial charge in [0.05, 0.1) is 5.56 Å². The van der Waals surface area contributed by atoms with Crippen molar-refractivity contribution in [3.05, 3.63) is 83.9 Å². The van der Waals surface area contributed by atoms with E-state index < -0.39 is 17.7 Å². The topological polar surface area (TPSA) is 90.9 Å². The summed E-state index contributed by atoms with van der Waals surface area (Å²) in [4.78, 5) is 21.7. The second kappa shape index (κ2) is 10.7. The van der Waals surface area contributed by atoms with Crippen LogP contribution < -0.4 is 5.32 Å². The maximum atomic E-state index is 12.6. The largest absolute Gasteiger partial charge is 0.476 e. The van der Waals surface area contributed by atoms with Crippen LogP contribution in [0.5, 0.6) is 0 Å². The fourth-order valence-corrected chi connectivity index (χ4v) is 3.74. The minimum atomic E-state index is -4.50. The monoisotopic (exact) mass is 482 g/mol. The van der Waals surface area contributed by atoms with Crippen LogP contribution in [0.15, 0.2) is 67.1 Å². The van der Waals surface area contributed by atoms with Gasteiger partial charge in [-0.2, -0.15) is 13.2 Å². The molecule has 6 nitrogen and oxygen atoms in total. The van der Waals surface area contributed by atoms with Gasteiger partial charge < -0.3 is 15.4 Å². The lowest BCUT2D eigenvalue weighted by Crippen LogP contribution is -2.19. The van der Waals surface area contributed by atoms with E-state index in [2.05, 4.69) is 50.7 Å². The van der Waals surface area contributed by atoms with Crippen molar-refractivity contribution in [3.8, 4) is 11.3 Å². The van der Waals surface area contributed by atoms with Gasteiger partial charge >= 0.3 is 12.1 Å². The number of aromatic carboxylic acids is 1. The summed E-state index contributed by atoms with van der Waals surface area (Å²) >= 11 is 0. The Bertz CT molecular complexity index is 1300. The number of hydrogen-bond donors (Lipinski definition) is 3. The second-order valence-corrected chi connectivity index (χ2v) is 8.39. The average Bonchev–Trinajstić information content (AvgIpc) is 3.60. The highest BCUT2D eigenvalue weighted by atomic mass is 19.4. The second-order valence-electron chi connectivity index (χ2n) is 8.39. The van der Waals surface area contributed by atoms with Gasteiger partial charge in [0.25, 0.3) is 0 Å². The van der Waals surface area contributed by atoms with E-state index in [1.54, 1.807) is 0 Å². The number of aromatic nitrogens is 3. The number of rotatable bonds is 7. The van der Waals surface area contributed by atoms with Gasteiger partial charge in [0, 0.05) is 35.1 Å². The number of alkyl halides is 3. The highest BCUT2D eigenvalue weighted by Crippen LogP contribution is 2.32. The fourth-order valence-electron chi connectivity index (χ4n) is 3.74. The molecule has 0 spiro atoms. The van der Waals surface area contributed by atoms with Crippen molar-refractivity contribution in [1.82, 2.24) is 20.3 Å². The molecule has 9 heteroatoms. The maximum Gasteiger partial charge on any atom is 0.416 e. The molecule has 0 unspecified atom stereocenters. The van der Waals surface area contributed by atoms with E-state index in [1.165, 1.54) is 60.4 Å². The Morgan fingerprint density at radius 3 is 2.60 bits per heavy atom. The summed E-state index contributed by atoms with van der Waals surface area (Å²) in [5.74, 6) is -0.372. The zero-order chi connectivity index (χ0) is 24.8. The van der Waals surface area contributed by atoms with Crippen LogP contribution in [-0.2, 0) is 12.6 Å². The van der Waals surface area contributed by atoms with E-state index in [-0.39, 0.29) is 17.0 Å². The van der Waals surface area contributed by atoms with Crippen molar-refractivity contribution < 1.29 is 23.1 Å². The summed E-state index contributed by atoms with van der Waals surface area (Å²) in [6, 6.07) is 12.8. The molecule has 0 radical (unpaired) electrons. The number of benzene rings is 2. The van der Waals surface area contributed by atoms with Gasteiger partial charge in [-0.05, 0) is 62.0 Å². The molecule has 0 bridgehead atoms. The molecule has 4 aromatic rings. The van der Waals surface area contributed by atoms with Crippen molar-refractivity contribution in [2.75, 3.05) is 13.1 Å². The Labute approximate surface area is 200 Å². The summed E-state index contributed by atoms with van der Waals surface area (Å²) < 4.78 is 37.8. The Balaban J connectivity index is 0.000000167. The van der Waals surface area contributed by atoms with Crippen LogP contribution in [0.1, 0.15) is 34.5 Å². The smallest absolute Gasteiger partial charge is 0.416 e. The molecule has 35 heavy (non-hydrogen) atoms. The number of carboxylic acid groups (broad SMARTS) is 1. The van der Waals surface area contributed by atoms with E-state index in [1.807, 2.05) is 0 Å². The number of carbonyl (C=O) groups is 1. The first-order chi connectivity index (χ1) is 16.8. The normalized spacial score (nSPS) is 13.3. The van der Waals surface area contributed by atoms with Gasteiger partial charge in [0.1, 0.15) is 5.69 Å². The zero-order valence-corrected chi connectivity index (χ0v) is 18.8. The molecule has 1 saturated carbocycles. The minimum Gasteiger partial charge on any atom is -0.476 e. The van der Waals surface area contributed by atoms with Crippen LogP contribution in [-0.4, -0.2) is 39.1 Å². The summed E-state index contributed by atoms with van der Waals surface area (Å²) in [5, 5.41) is 13.8. The number of nitrogens with one attached hydrogen (secondary N) is 2. The summed E-state index contributed by atoms with van der Waals surface area (Å²) in [7, 11) is 0. The SMILES string of the molecule is O=C(O)c1nccnc1-c1cccc(C(F)(F)F)c1.c1ccc2c(CCNCC3CC3)c[nH]c2c1. The molecular formula is C26H25F3N4O2. The van der Waals surface area contributed by atoms with E-state index in [0.29, 0.717) is 0 Å². The van der Waals surface area contributed by atoms with E-state index in [0.717, 1.165) is 31.0 Å². The number of hydrogen-bond acceptors (Lipinski definition) is 4. The summed E-state index contributed by atoms with van der Waals surface area (Å²) in [6.45, 7) is 2.31. The molecule has 5 rings (SSSR count). The molecule has 2 heterocycles. The quantitative estimate of drug-likeness (QED) is 0.300. The number of para-hydroxylation sites is 1. The van der Waals surface area contributed by atoms with Gasteiger partial charge in [0.2, 0.25) is 0 Å². The van der Waals surface area contributed by atoms with Crippen molar-refractivity contribution in [1.29, 1.82) is 0 Å². The number of aromatic amines is 1. The first kappa shape index (κ1) is 24.4. The van der Waals surface area contributed by atoms with Crippen LogP contribution in [0.3, 0.4) is 0 Å². The third-order valence-corrected chi connectivity index (χ3v) is 5.74. The molecular weight excluding hydrogens is 457 g/mol. The number of fused-ring (bicyclic) bond motifs is 1. The Morgan fingerprint density at radius 2 is 1.86 bits per heavy atom. The Kier molecular flexibility index (Phi) is 7.45. The van der Waals surface area contributed by atoms with Crippen molar-refractivity contribution in [2.24, 2.45) is 5.92 Å². The Morgan fingerprint density at radius 1 is 1.09 bits per heavy atom. The molecule has 2 aromatic carbocycles. The summed E-state index contributed by atoms with van der Waals surface area (Å²) in [6.07, 6.45) is 4.02. The van der Waals surface area contributed by atoms with E-state index in [4.69, 9.17) is 5.11 Å². The van der Waals surface area contributed by atoms with E-state index >= 15 is 0 Å². The van der Waals surface area contributed by atoms with Crippen molar-refractivity contribution in [2.45, 2.75) is 25.4 Å². The van der Waals surface area contributed by atoms with Gasteiger partial charge in [-0.25, -0.2) is 9.78 Å². The first-order valence-corrected chi connectivity index (χ1v) is 11.3. The molecule has 0 atom stereocenters. The van der Waals surface area contributed by atoms with Crippen LogP contribution in [0.25, 0.3) is 22.2 Å². The molecule has 0 amide bonds. The van der Waals surface area contributed by atoms with Gasteiger partial charge in [-0.15, -0.1) is 0 Å². The maximum absolute atomic E-state index is 12.6. The molecule has 0 saturated heterocycles. The first-order valence-electron chi connectivity index (χ1n) is 11.3. The minimum absolute atomic E-state index is 0.0559. The predicted molar refractivity (Wildman–Crippen MR) is 127 cm³/mol. The summed E-state index contributed by atoms with van der Waals surface area (Å²) in [5.41, 5.74) is 1.38. The van der Waals surface area contributed by atoms with Crippen LogP contribution in [0, 0.1) is 5.92 Å². The molecule has 182 valence electrons. The van der Waals surface area contributed by atoms with E-state index in [9.17, 15) is 18.0 Å². The number of H-pyrrole nitrogens is 1. The third kappa shape index (κ3) is 6.45. The lowest BCUT2D eigenvalue weighted by atomic mass is 10.1. The molecule has 1 aliphatic rings. The predicted octanol–water partition coefficient (Wildman–Crippen LogP) is 5.57. The molecule has 1 fully saturated rings. The highest BCUT2D eigenvalue weighted by molar-refractivity contribution is 5.92. The van der Waals surface area contributed by atoms with Gasteiger partial charge in [-0.1, -0.05) is 30.3 Å². The highest BCUT2D eigenvalue weighted by Gasteiger charge is 2.31. The zero-order valence-electron chi connectivity index (χ0n) is 18.8. The molecule has 1 aliphatic carbocycles. The Hall–Kier alpha value is -3.72. The van der Waals surface area contributed by atoms with Crippen LogP contribution >= 0.6 is 0 Å². The standard InChI is InChI=1S/C14H18N2.C12H7F3N2O2/c1-2-4-14-13(3-1)12(10-16-14)7-8-15-9-11-5-6-11;13-12(14,15)8-3-1-2-7(6-8)9-10(11(18)19)17-5-4-16-9/h1-4,10-11,15-16H,5-9H2;1-6H,(H,18,19). The average molecular weight is 483 g/mol. The third-order valence-electron chi connectivity index (χ3n) is 5.74. The van der Waals surface area contributed by atoms with Gasteiger partial charge in [0.15, 0.2) is 5.69 Å². The van der Waals surface area contributed by atoms with Crippen molar-refractivity contribution in [3.63, 3.8) is 0 Å². The molecule has 2 aromatic heterocycles. The lowest BCUT2D eigenvalue weighted by Gasteiger charge is -2.09.